The molecule has 1 aliphatic heterocycles. The zero-order valence-electron chi connectivity index (χ0n) is 20.1. The lowest BCUT2D eigenvalue weighted by Gasteiger charge is -2.31. The van der Waals surface area contributed by atoms with Crippen LogP contribution in [0.2, 0.25) is 0 Å². The Bertz CT molecular complexity index is 1150. The molecule has 5 rings (SSSR count). The van der Waals surface area contributed by atoms with Crippen molar-refractivity contribution in [2.45, 2.75) is 83.6 Å². The third kappa shape index (κ3) is 4.10. The maximum atomic E-state index is 13.2. The summed E-state index contributed by atoms with van der Waals surface area (Å²) >= 11 is 0. The molecule has 1 saturated heterocycles. The Morgan fingerprint density at radius 2 is 1.53 bits per heavy atom. The van der Waals surface area contributed by atoms with Crippen LogP contribution in [0.3, 0.4) is 0 Å². The Morgan fingerprint density at radius 1 is 0.882 bits per heavy atom. The third-order valence-corrected chi connectivity index (χ3v) is 7.82. The lowest BCUT2D eigenvalue weighted by atomic mass is 9.84. The van der Waals surface area contributed by atoms with Gasteiger partial charge in [0.25, 0.3) is 11.8 Å². The Labute approximate surface area is 201 Å². The van der Waals surface area contributed by atoms with Crippen molar-refractivity contribution in [3.8, 4) is 5.69 Å². The fourth-order valence-corrected chi connectivity index (χ4v) is 5.98. The van der Waals surface area contributed by atoms with Crippen LogP contribution in [-0.4, -0.2) is 33.4 Å². The van der Waals surface area contributed by atoms with Gasteiger partial charge in [-0.05, 0) is 80.9 Å². The van der Waals surface area contributed by atoms with Crippen molar-refractivity contribution in [1.29, 1.82) is 0 Å². The number of imide groups is 2. The highest BCUT2D eigenvalue weighted by molar-refractivity contribution is 6.31. The number of hydrogen-bond acceptors (Lipinski definition) is 3. The van der Waals surface area contributed by atoms with Crippen LogP contribution in [-0.2, 0) is 9.59 Å². The lowest BCUT2D eigenvalue weighted by Crippen LogP contribution is -2.57. The number of nitrogens with one attached hydrogen (secondary N) is 1. The summed E-state index contributed by atoms with van der Waals surface area (Å²) in [6.45, 7) is 4.03. The first-order chi connectivity index (χ1) is 16.4. The molecule has 1 N–H and O–H groups in total. The second kappa shape index (κ2) is 9.24. The van der Waals surface area contributed by atoms with Crippen LogP contribution in [0.1, 0.15) is 86.2 Å². The minimum Gasteiger partial charge on any atom is -0.318 e. The van der Waals surface area contributed by atoms with E-state index in [2.05, 4.69) is 34.1 Å². The van der Waals surface area contributed by atoms with Crippen LogP contribution in [0.15, 0.2) is 35.9 Å². The third-order valence-electron chi connectivity index (χ3n) is 7.82. The van der Waals surface area contributed by atoms with Crippen molar-refractivity contribution >= 4 is 23.9 Å². The highest BCUT2D eigenvalue weighted by Gasteiger charge is 2.40. The molecule has 2 heterocycles. The average Bonchev–Trinajstić information content (AvgIpc) is 3.45. The number of barbiturate groups is 1. The number of aromatic nitrogens is 1. The van der Waals surface area contributed by atoms with E-state index >= 15 is 0 Å². The van der Waals surface area contributed by atoms with E-state index < -0.39 is 17.8 Å². The number of rotatable bonds is 4. The zero-order chi connectivity index (χ0) is 23.8. The van der Waals surface area contributed by atoms with E-state index in [9.17, 15) is 14.4 Å². The molecule has 6 heteroatoms. The van der Waals surface area contributed by atoms with Crippen LogP contribution in [0.4, 0.5) is 4.79 Å². The molecule has 4 amide bonds. The molecule has 0 radical (unpaired) electrons. The predicted octanol–water partition coefficient (Wildman–Crippen LogP) is 5.55. The van der Waals surface area contributed by atoms with Gasteiger partial charge in [-0.15, -0.1) is 0 Å². The fourth-order valence-electron chi connectivity index (χ4n) is 5.98. The molecule has 1 aromatic carbocycles. The number of urea groups is 1. The fraction of sp³-hybridized carbons (Fsp3) is 0.464. The molecule has 3 fully saturated rings. The SMILES string of the molecule is Cc1cc(/C=C2/C(=O)NC(=O)N(C3CCCC3)C2=O)c(C)n1-c1ccc(C2CCCCC2)cc1. The topological polar surface area (TPSA) is 71.4 Å². The molecule has 0 unspecified atom stereocenters. The Hall–Kier alpha value is -3.15. The Morgan fingerprint density at radius 3 is 2.21 bits per heavy atom. The van der Waals surface area contributed by atoms with E-state index in [4.69, 9.17) is 0 Å². The van der Waals surface area contributed by atoms with Crippen molar-refractivity contribution in [1.82, 2.24) is 14.8 Å². The minimum absolute atomic E-state index is 0.0272. The number of hydrogen-bond donors (Lipinski definition) is 1. The minimum atomic E-state index is -0.620. The Kier molecular flexibility index (Phi) is 6.15. The standard InChI is InChI=1S/C28H33N3O3/c1-18-16-22(17-25-26(32)29-28(34)31(27(25)33)23-10-6-7-11-23)19(2)30(18)24-14-12-21(13-15-24)20-8-4-3-5-9-20/h12-17,20,23H,3-11H2,1-2H3,(H,29,32,34)/b25-17-. The first kappa shape index (κ1) is 22.6. The highest BCUT2D eigenvalue weighted by atomic mass is 16.2. The summed E-state index contributed by atoms with van der Waals surface area (Å²) in [4.78, 5) is 39.4. The van der Waals surface area contributed by atoms with Gasteiger partial charge in [0.2, 0.25) is 0 Å². The summed E-state index contributed by atoms with van der Waals surface area (Å²) in [5, 5.41) is 2.37. The number of aryl methyl sites for hydroxylation is 1. The summed E-state index contributed by atoms with van der Waals surface area (Å²) in [5.74, 6) is -0.440. The van der Waals surface area contributed by atoms with E-state index in [0.717, 1.165) is 48.3 Å². The quantitative estimate of drug-likeness (QED) is 0.482. The number of amides is 4. The first-order valence-corrected chi connectivity index (χ1v) is 12.6. The smallest absolute Gasteiger partial charge is 0.318 e. The summed E-state index contributed by atoms with van der Waals surface area (Å²) in [6.07, 6.45) is 11.8. The van der Waals surface area contributed by atoms with Gasteiger partial charge in [0, 0.05) is 23.1 Å². The number of carbonyl (C=O) groups is 3. The molecule has 0 bridgehead atoms. The van der Waals surface area contributed by atoms with Gasteiger partial charge in [0.05, 0.1) is 0 Å². The first-order valence-electron chi connectivity index (χ1n) is 12.6. The van der Waals surface area contributed by atoms with Crippen molar-refractivity contribution in [3.63, 3.8) is 0 Å². The summed E-state index contributed by atoms with van der Waals surface area (Å²) in [7, 11) is 0. The van der Waals surface area contributed by atoms with Gasteiger partial charge >= 0.3 is 6.03 Å². The average molecular weight is 460 g/mol. The molecule has 34 heavy (non-hydrogen) atoms. The van der Waals surface area contributed by atoms with Gasteiger partial charge in [-0.1, -0.05) is 44.2 Å². The molecule has 3 aliphatic rings. The van der Waals surface area contributed by atoms with Gasteiger partial charge in [0.1, 0.15) is 5.57 Å². The van der Waals surface area contributed by atoms with E-state index in [1.165, 1.54) is 42.6 Å². The van der Waals surface area contributed by atoms with E-state index in [-0.39, 0.29) is 11.6 Å². The largest absolute Gasteiger partial charge is 0.331 e. The molecule has 2 saturated carbocycles. The normalized spacial score (nSPS) is 21.5. The summed E-state index contributed by atoms with van der Waals surface area (Å²) in [5.41, 5.74) is 5.31. The molecule has 178 valence electrons. The van der Waals surface area contributed by atoms with Crippen molar-refractivity contribution in [2.24, 2.45) is 0 Å². The van der Waals surface area contributed by atoms with E-state index in [1.54, 1.807) is 6.08 Å². The van der Waals surface area contributed by atoms with Gasteiger partial charge in [0.15, 0.2) is 0 Å². The molecular formula is C28H33N3O3. The molecule has 6 nitrogen and oxygen atoms in total. The number of benzene rings is 1. The molecule has 2 aromatic rings. The van der Waals surface area contributed by atoms with Crippen molar-refractivity contribution in [3.05, 3.63) is 58.4 Å². The lowest BCUT2D eigenvalue weighted by molar-refractivity contribution is -0.131. The molecule has 0 atom stereocenters. The maximum Gasteiger partial charge on any atom is 0.331 e. The number of nitrogens with zero attached hydrogens (tertiary/aromatic N) is 2. The molecule has 2 aliphatic carbocycles. The predicted molar refractivity (Wildman–Crippen MR) is 132 cm³/mol. The highest BCUT2D eigenvalue weighted by Crippen LogP contribution is 2.34. The second-order valence-electron chi connectivity index (χ2n) is 10.0. The summed E-state index contributed by atoms with van der Waals surface area (Å²) < 4.78 is 2.15. The van der Waals surface area contributed by atoms with Crippen LogP contribution in [0.25, 0.3) is 11.8 Å². The van der Waals surface area contributed by atoms with Crippen LogP contribution in [0, 0.1) is 13.8 Å². The van der Waals surface area contributed by atoms with Crippen molar-refractivity contribution in [2.75, 3.05) is 0 Å². The van der Waals surface area contributed by atoms with Crippen molar-refractivity contribution < 1.29 is 14.4 Å². The van der Waals surface area contributed by atoms with E-state index in [0.29, 0.717) is 5.92 Å². The zero-order valence-corrected chi connectivity index (χ0v) is 20.1. The van der Waals surface area contributed by atoms with Gasteiger partial charge in [-0.25, -0.2) is 4.79 Å². The Balaban J connectivity index is 1.43. The van der Waals surface area contributed by atoms with E-state index in [1.807, 2.05) is 19.9 Å². The molecular weight excluding hydrogens is 426 g/mol. The van der Waals surface area contributed by atoms with Crippen LogP contribution in [0.5, 0.6) is 0 Å². The van der Waals surface area contributed by atoms with Crippen LogP contribution >= 0.6 is 0 Å². The van der Waals surface area contributed by atoms with Crippen LogP contribution < -0.4 is 5.32 Å². The second-order valence-corrected chi connectivity index (χ2v) is 10.0. The molecule has 1 aromatic heterocycles. The number of carbonyl (C=O) groups excluding carboxylic acids is 3. The van der Waals surface area contributed by atoms with Gasteiger partial charge in [-0.3, -0.25) is 19.8 Å². The summed E-state index contributed by atoms with van der Waals surface area (Å²) in [6, 6.07) is 10.1. The van der Waals surface area contributed by atoms with Gasteiger partial charge in [-0.2, -0.15) is 0 Å². The maximum absolute atomic E-state index is 13.2. The van der Waals surface area contributed by atoms with Gasteiger partial charge < -0.3 is 4.57 Å². The molecule has 0 spiro atoms. The monoisotopic (exact) mass is 459 g/mol.